The van der Waals surface area contributed by atoms with Crippen molar-refractivity contribution in [3.63, 3.8) is 0 Å². The van der Waals surface area contributed by atoms with Gasteiger partial charge >= 0.3 is 0 Å². The molecule has 1 aliphatic rings. The number of hydrogen-bond acceptors (Lipinski definition) is 4. The summed E-state index contributed by atoms with van der Waals surface area (Å²) >= 11 is 0. The Morgan fingerprint density at radius 2 is 2.24 bits per heavy atom. The molecule has 2 aromatic heterocycles. The van der Waals surface area contributed by atoms with Crippen LogP contribution < -0.4 is 0 Å². The van der Waals surface area contributed by atoms with Crippen molar-refractivity contribution in [1.82, 2.24) is 24.6 Å². The Bertz CT molecular complexity index is 634. The molecule has 21 heavy (non-hydrogen) atoms. The quantitative estimate of drug-likeness (QED) is 0.865. The summed E-state index contributed by atoms with van der Waals surface area (Å²) in [6, 6.07) is 2.00. The first-order chi connectivity index (χ1) is 10.2. The lowest BCUT2D eigenvalue weighted by molar-refractivity contribution is -0.129. The fourth-order valence-electron chi connectivity index (χ4n) is 2.90. The van der Waals surface area contributed by atoms with E-state index >= 15 is 0 Å². The second-order valence-electron chi connectivity index (χ2n) is 5.23. The van der Waals surface area contributed by atoms with Crippen LogP contribution in [0.15, 0.2) is 24.7 Å². The number of aromatic nitrogens is 4. The van der Waals surface area contributed by atoms with E-state index in [0.29, 0.717) is 0 Å². The molecule has 1 fully saturated rings. The molecule has 2 aromatic rings. The Morgan fingerprint density at radius 3 is 2.90 bits per heavy atom. The zero-order valence-corrected chi connectivity index (χ0v) is 12.4. The summed E-state index contributed by atoms with van der Waals surface area (Å²) in [6.07, 6.45) is 7.31. The first kappa shape index (κ1) is 13.7. The number of aryl methyl sites for hydroxylation is 1. The maximum absolute atomic E-state index is 11.6. The lowest BCUT2D eigenvalue weighted by Gasteiger charge is -2.22. The summed E-state index contributed by atoms with van der Waals surface area (Å²) in [5, 5.41) is 4.24. The monoisotopic (exact) mass is 285 g/mol. The molecule has 6 nitrogen and oxygen atoms in total. The molecule has 1 unspecified atom stereocenters. The standard InChI is InChI=1S/C15H19N5O/c1-3-20-15(6-7-18-20)13-10-16-12(9-17-13)14-5-4-8-19(14)11(2)21/h6-7,9-10,14H,3-5,8H2,1-2H3. The first-order valence-electron chi connectivity index (χ1n) is 7.32. The van der Waals surface area contributed by atoms with Crippen molar-refractivity contribution < 1.29 is 4.79 Å². The van der Waals surface area contributed by atoms with Gasteiger partial charge in [0.25, 0.3) is 0 Å². The molecule has 0 bridgehead atoms. The van der Waals surface area contributed by atoms with E-state index in [1.54, 1.807) is 25.5 Å². The van der Waals surface area contributed by atoms with Gasteiger partial charge in [-0.3, -0.25) is 19.4 Å². The van der Waals surface area contributed by atoms with E-state index in [1.165, 1.54) is 0 Å². The maximum Gasteiger partial charge on any atom is 0.220 e. The summed E-state index contributed by atoms with van der Waals surface area (Å²) in [4.78, 5) is 22.5. The Hall–Kier alpha value is -2.24. The van der Waals surface area contributed by atoms with Crippen LogP contribution in [0.4, 0.5) is 0 Å². The van der Waals surface area contributed by atoms with E-state index in [1.807, 2.05) is 22.6 Å². The highest BCUT2D eigenvalue weighted by Gasteiger charge is 2.29. The van der Waals surface area contributed by atoms with E-state index in [4.69, 9.17) is 0 Å². The smallest absolute Gasteiger partial charge is 0.220 e. The minimum atomic E-state index is 0.0696. The molecular weight excluding hydrogens is 266 g/mol. The average Bonchev–Trinajstić information content (AvgIpc) is 3.16. The number of rotatable bonds is 3. The van der Waals surface area contributed by atoms with E-state index in [-0.39, 0.29) is 11.9 Å². The highest BCUT2D eigenvalue weighted by atomic mass is 16.2. The molecule has 0 aromatic carbocycles. The summed E-state index contributed by atoms with van der Waals surface area (Å²) in [7, 11) is 0. The van der Waals surface area contributed by atoms with E-state index in [0.717, 1.165) is 43.0 Å². The number of carbonyl (C=O) groups is 1. The largest absolute Gasteiger partial charge is 0.334 e. The van der Waals surface area contributed by atoms with Crippen LogP contribution in [0, 0.1) is 0 Å². The van der Waals surface area contributed by atoms with Gasteiger partial charge in [-0.2, -0.15) is 5.10 Å². The lowest BCUT2D eigenvalue weighted by atomic mass is 10.1. The molecule has 3 heterocycles. The molecule has 0 radical (unpaired) electrons. The second kappa shape index (κ2) is 5.63. The summed E-state index contributed by atoms with van der Waals surface area (Å²) in [5.74, 6) is 0.104. The van der Waals surface area contributed by atoms with Crippen LogP contribution in [0.2, 0.25) is 0 Å². The van der Waals surface area contributed by atoms with Crippen molar-refractivity contribution in [2.45, 2.75) is 39.3 Å². The van der Waals surface area contributed by atoms with Gasteiger partial charge in [0.2, 0.25) is 5.91 Å². The Morgan fingerprint density at radius 1 is 1.38 bits per heavy atom. The third-order valence-electron chi connectivity index (χ3n) is 3.95. The molecule has 6 heteroatoms. The van der Waals surface area contributed by atoms with Crippen molar-refractivity contribution in [1.29, 1.82) is 0 Å². The third-order valence-corrected chi connectivity index (χ3v) is 3.95. The minimum Gasteiger partial charge on any atom is -0.334 e. The minimum absolute atomic E-state index is 0.0696. The molecular formula is C15H19N5O. The van der Waals surface area contributed by atoms with Gasteiger partial charge in [0.1, 0.15) is 5.69 Å². The summed E-state index contributed by atoms with van der Waals surface area (Å²) < 4.78 is 1.89. The second-order valence-corrected chi connectivity index (χ2v) is 5.23. The summed E-state index contributed by atoms with van der Waals surface area (Å²) in [5.41, 5.74) is 2.64. The molecule has 0 saturated carbocycles. The molecule has 3 rings (SSSR count). The molecule has 0 N–H and O–H groups in total. The van der Waals surface area contributed by atoms with Crippen LogP contribution in [-0.2, 0) is 11.3 Å². The van der Waals surface area contributed by atoms with Crippen LogP contribution in [0.3, 0.4) is 0 Å². The van der Waals surface area contributed by atoms with Crippen LogP contribution in [0.1, 0.15) is 38.4 Å². The highest BCUT2D eigenvalue weighted by molar-refractivity contribution is 5.74. The van der Waals surface area contributed by atoms with Crippen molar-refractivity contribution in [2.24, 2.45) is 0 Å². The van der Waals surface area contributed by atoms with Crippen LogP contribution in [0.25, 0.3) is 11.4 Å². The normalized spacial score (nSPS) is 18.2. The molecule has 1 saturated heterocycles. The first-order valence-corrected chi connectivity index (χ1v) is 7.32. The number of hydrogen-bond donors (Lipinski definition) is 0. The Balaban J connectivity index is 1.86. The van der Waals surface area contributed by atoms with E-state index in [9.17, 15) is 4.79 Å². The SMILES string of the molecule is CCn1nccc1-c1cnc(C2CCCN2C(C)=O)cn1. The Labute approximate surface area is 123 Å². The number of nitrogens with zero attached hydrogens (tertiary/aromatic N) is 5. The molecule has 1 amide bonds. The van der Waals surface area contributed by atoms with Crippen molar-refractivity contribution in [3.05, 3.63) is 30.4 Å². The van der Waals surface area contributed by atoms with Gasteiger partial charge in [-0.25, -0.2) is 0 Å². The van der Waals surface area contributed by atoms with Crippen molar-refractivity contribution >= 4 is 5.91 Å². The van der Waals surface area contributed by atoms with Crippen molar-refractivity contribution in [2.75, 3.05) is 6.54 Å². The summed E-state index contributed by atoms with van der Waals surface area (Å²) in [6.45, 7) is 5.26. The number of carbonyl (C=O) groups excluding carboxylic acids is 1. The van der Waals surface area contributed by atoms with Gasteiger partial charge in [0.15, 0.2) is 0 Å². The predicted molar refractivity (Wildman–Crippen MR) is 78.3 cm³/mol. The van der Waals surface area contributed by atoms with Gasteiger partial charge in [-0.1, -0.05) is 0 Å². The zero-order valence-electron chi connectivity index (χ0n) is 12.4. The fourth-order valence-corrected chi connectivity index (χ4v) is 2.90. The molecule has 0 aliphatic carbocycles. The van der Waals surface area contributed by atoms with Gasteiger partial charge in [-0.15, -0.1) is 0 Å². The maximum atomic E-state index is 11.6. The van der Waals surface area contributed by atoms with Gasteiger partial charge in [0.05, 0.1) is 29.8 Å². The zero-order chi connectivity index (χ0) is 14.8. The predicted octanol–water partition coefficient (Wildman–Crippen LogP) is 2.04. The van der Waals surface area contributed by atoms with Crippen LogP contribution in [0.5, 0.6) is 0 Å². The van der Waals surface area contributed by atoms with E-state index in [2.05, 4.69) is 15.1 Å². The van der Waals surface area contributed by atoms with E-state index < -0.39 is 0 Å². The van der Waals surface area contributed by atoms with Gasteiger partial charge in [-0.05, 0) is 25.8 Å². The van der Waals surface area contributed by atoms with Crippen molar-refractivity contribution in [3.8, 4) is 11.4 Å². The fraction of sp³-hybridized carbons (Fsp3) is 0.467. The molecule has 1 aliphatic heterocycles. The van der Waals surface area contributed by atoms with Crippen LogP contribution >= 0.6 is 0 Å². The molecule has 0 spiro atoms. The lowest BCUT2D eigenvalue weighted by Crippen LogP contribution is -2.28. The Kier molecular flexibility index (Phi) is 3.68. The van der Waals surface area contributed by atoms with Gasteiger partial charge < -0.3 is 4.90 Å². The average molecular weight is 285 g/mol. The molecule has 1 atom stereocenters. The topological polar surface area (TPSA) is 63.9 Å². The number of likely N-dealkylation sites (tertiary alicyclic amines) is 1. The molecule has 110 valence electrons. The van der Waals surface area contributed by atoms with Gasteiger partial charge in [0, 0.05) is 26.2 Å². The third kappa shape index (κ3) is 2.53. The number of amides is 1. The highest BCUT2D eigenvalue weighted by Crippen LogP contribution is 2.30. The van der Waals surface area contributed by atoms with Crippen LogP contribution in [-0.4, -0.2) is 37.1 Å².